The SMILES string of the molecule is Cc1ccc(CS(=O)(=O)N2CCC(C(=O)N[C@H](C)c3cc(C)c(C)cc3C)CC2)cc1. The van der Waals surface area contributed by atoms with Gasteiger partial charge >= 0.3 is 0 Å². The van der Waals surface area contributed by atoms with Crippen LogP contribution in [0.2, 0.25) is 0 Å². The number of rotatable bonds is 6. The van der Waals surface area contributed by atoms with Crippen molar-refractivity contribution < 1.29 is 13.2 Å². The quantitative estimate of drug-likeness (QED) is 0.724. The molecule has 1 fully saturated rings. The normalized spacial score (nSPS) is 16.8. The van der Waals surface area contributed by atoms with Gasteiger partial charge in [-0.25, -0.2) is 12.7 Å². The smallest absolute Gasteiger partial charge is 0.223 e. The molecule has 1 heterocycles. The van der Waals surface area contributed by atoms with Crippen LogP contribution in [-0.4, -0.2) is 31.7 Å². The fourth-order valence-corrected chi connectivity index (χ4v) is 5.80. The zero-order valence-corrected chi connectivity index (χ0v) is 20.1. The van der Waals surface area contributed by atoms with Crippen LogP contribution in [0.25, 0.3) is 0 Å². The van der Waals surface area contributed by atoms with Crippen LogP contribution < -0.4 is 5.32 Å². The lowest BCUT2D eigenvalue weighted by Crippen LogP contribution is -2.43. The average molecular weight is 443 g/mol. The topological polar surface area (TPSA) is 66.5 Å². The molecule has 1 amide bonds. The number of hydrogen-bond acceptors (Lipinski definition) is 3. The molecule has 0 unspecified atom stereocenters. The van der Waals surface area contributed by atoms with Gasteiger partial charge in [0.1, 0.15) is 0 Å². The number of carbonyl (C=O) groups excluding carboxylic acids is 1. The molecule has 0 saturated carbocycles. The molecule has 0 spiro atoms. The Bertz CT molecular complexity index is 1040. The molecular weight excluding hydrogens is 408 g/mol. The molecule has 6 heteroatoms. The van der Waals surface area contributed by atoms with Crippen LogP contribution in [0.3, 0.4) is 0 Å². The van der Waals surface area contributed by atoms with Crippen LogP contribution in [0.5, 0.6) is 0 Å². The highest BCUT2D eigenvalue weighted by atomic mass is 32.2. The van der Waals surface area contributed by atoms with Crippen molar-refractivity contribution in [2.45, 2.75) is 59.3 Å². The zero-order chi connectivity index (χ0) is 22.8. The maximum Gasteiger partial charge on any atom is 0.223 e. The van der Waals surface area contributed by atoms with Crippen molar-refractivity contribution in [3.8, 4) is 0 Å². The predicted molar refractivity (Wildman–Crippen MR) is 125 cm³/mol. The second-order valence-corrected chi connectivity index (χ2v) is 10.9. The highest BCUT2D eigenvalue weighted by Crippen LogP contribution is 2.25. The van der Waals surface area contributed by atoms with Crippen molar-refractivity contribution >= 4 is 15.9 Å². The summed E-state index contributed by atoms with van der Waals surface area (Å²) in [7, 11) is -3.38. The van der Waals surface area contributed by atoms with Gasteiger partial charge in [-0.2, -0.15) is 0 Å². The third-order valence-corrected chi connectivity index (χ3v) is 8.25. The Morgan fingerprint density at radius 1 is 1.00 bits per heavy atom. The molecule has 1 aliphatic heterocycles. The number of aryl methyl sites for hydroxylation is 4. The van der Waals surface area contributed by atoms with Crippen molar-refractivity contribution in [3.63, 3.8) is 0 Å². The lowest BCUT2D eigenvalue weighted by atomic mass is 9.94. The molecule has 0 aliphatic carbocycles. The maximum absolute atomic E-state index is 12.8. The largest absolute Gasteiger partial charge is 0.349 e. The highest BCUT2D eigenvalue weighted by molar-refractivity contribution is 7.88. The molecule has 1 atom stereocenters. The molecule has 31 heavy (non-hydrogen) atoms. The van der Waals surface area contributed by atoms with Crippen LogP contribution >= 0.6 is 0 Å². The van der Waals surface area contributed by atoms with Crippen molar-refractivity contribution in [2.75, 3.05) is 13.1 Å². The lowest BCUT2D eigenvalue weighted by Gasteiger charge is -2.31. The molecular formula is C25H34N2O3S. The number of nitrogens with zero attached hydrogens (tertiary/aromatic N) is 1. The summed E-state index contributed by atoms with van der Waals surface area (Å²) in [5.74, 6) is -0.131. The molecule has 1 saturated heterocycles. The minimum Gasteiger partial charge on any atom is -0.349 e. The number of nitrogens with one attached hydrogen (secondary N) is 1. The monoisotopic (exact) mass is 442 g/mol. The lowest BCUT2D eigenvalue weighted by molar-refractivity contribution is -0.126. The number of amides is 1. The van der Waals surface area contributed by atoms with Crippen molar-refractivity contribution in [3.05, 3.63) is 69.8 Å². The van der Waals surface area contributed by atoms with Crippen LogP contribution in [0.1, 0.15) is 59.2 Å². The second-order valence-electron chi connectivity index (χ2n) is 8.94. The average Bonchev–Trinajstić information content (AvgIpc) is 2.72. The van der Waals surface area contributed by atoms with E-state index in [9.17, 15) is 13.2 Å². The number of sulfonamides is 1. The Labute approximate surface area is 186 Å². The van der Waals surface area contributed by atoms with E-state index in [4.69, 9.17) is 0 Å². The van der Waals surface area contributed by atoms with Crippen molar-refractivity contribution in [1.29, 1.82) is 0 Å². The van der Waals surface area contributed by atoms with E-state index in [-0.39, 0.29) is 23.6 Å². The summed E-state index contributed by atoms with van der Waals surface area (Å²) in [6.45, 7) is 11.0. The van der Waals surface area contributed by atoms with Crippen LogP contribution in [0.15, 0.2) is 36.4 Å². The van der Waals surface area contributed by atoms with E-state index in [2.05, 4.69) is 38.2 Å². The minimum absolute atomic E-state index is 0.00717. The fraction of sp³-hybridized carbons (Fsp3) is 0.480. The van der Waals surface area contributed by atoms with Crippen molar-refractivity contribution in [2.24, 2.45) is 5.92 Å². The summed E-state index contributed by atoms with van der Waals surface area (Å²) < 4.78 is 27.1. The Kier molecular flexibility index (Phi) is 7.22. The van der Waals surface area contributed by atoms with Gasteiger partial charge < -0.3 is 5.32 Å². The number of hydrogen-bond donors (Lipinski definition) is 1. The highest BCUT2D eigenvalue weighted by Gasteiger charge is 2.31. The predicted octanol–water partition coefficient (Wildman–Crippen LogP) is 4.34. The third-order valence-electron chi connectivity index (χ3n) is 6.40. The minimum atomic E-state index is -3.38. The number of benzene rings is 2. The Balaban J connectivity index is 1.57. The molecule has 168 valence electrons. The standard InChI is InChI=1S/C25H34N2O3S/c1-17-6-8-22(9-7-17)16-31(29,30)27-12-10-23(11-13-27)25(28)26-21(5)24-15-19(3)18(2)14-20(24)4/h6-9,14-15,21,23H,10-13,16H2,1-5H3,(H,26,28)/t21-/m1/s1. The van der Waals surface area contributed by atoms with E-state index >= 15 is 0 Å². The first kappa shape index (κ1) is 23.5. The molecule has 2 aromatic carbocycles. The molecule has 1 N–H and O–H groups in total. The summed E-state index contributed by atoms with van der Waals surface area (Å²) in [4.78, 5) is 12.8. The van der Waals surface area contributed by atoms with E-state index in [0.29, 0.717) is 25.9 Å². The van der Waals surface area contributed by atoms with E-state index in [1.165, 1.54) is 21.0 Å². The first-order valence-corrected chi connectivity index (χ1v) is 12.6. The fourth-order valence-electron chi connectivity index (χ4n) is 4.24. The molecule has 2 aromatic rings. The molecule has 0 radical (unpaired) electrons. The van der Waals surface area contributed by atoms with E-state index in [1.54, 1.807) is 0 Å². The summed E-state index contributed by atoms with van der Waals surface area (Å²) >= 11 is 0. The van der Waals surface area contributed by atoms with Gasteiger partial charge in [0.2, 0.25) is 15.9 Å². The first-order valence-electron chi connectivity index (χ1n) is 11.0. The number of carbonyl (C=O) groups is 1. The second kappa shape index (κ2) is 9.53. The van der Waals surface area contributed by atoms with Gasteiger partial charge in [0, 0.05) is 19.0 Å². The summed E-state index contributed by atoms with van der Waals surface area (Å²) in [6, 6.07) is 11.8. The van der Waals surface area contributed by atoms with Gasteiger partial charge in [-0.15, -0.1) is 0 Å². The zero-order valence-electron chi connectivity index (χ0n) is 19.2. The first-order chi connectivity index (χ1) is 14.6. The summed E-state index contributed by atoms with van der Waals surface area (Å²) in [5.41, 5.74) is 6.68. The van der Waals surface area contributed by atoms with Crippen LogP contribution in [0.4, 0.5) is 0 Å². The molecule has 5 nitrogen and oxygen atoms in total. The van der Waals surface area contributed by atoms with E-state index < -0.39 is 10.0 Å². The van der Waals surface area contributed by atoms with Gasteiger partial charge in [-0.1, -0.05) is 42.0 Å². The molecule has 0 bridgehead atoms. The van der Waals surface area contributed by atoms with Gasteiger partial charge in [0.15, 0.2) is 0 Å². The van der Waals surface area contributed by atoms with Crippen LogP contribution in [-0.2, 0) is 20.6 Å². The molecule has 0 aromatic heterocycles. The molecule has 3 rings (SSSR count). The van der Waals surface area contributed by atoms with Gasteiger partial charge in [-0.3, -0.25) is 4.79 Å². The van der Waals surface area contributed by atoms with Gasteiger partial charge in [0.25, 0.3) is 0 Å². The van der Waals surface area contributed by atoms with Crippen LogP contribution in [0, 0.1) is 33.6 Å². The maximum atomic E-state index is 12.8. The van der Waals surface area contributed by atoms with Crippen molar-refractivity contribution in [1.82, 2.24) is 9.62 Å². The third kappa shape index (κ3) is 5.74. The summed E-state index contributed by atoms with van der Waals surface area (Å²) in [5, 5.41) is 3.15. The Morgan fingerprint density at radius 3 is 2.19 bits per heavy atom. The van der Waals surface area contributed by atoms with E-state index in [0.717, 1.165) is 16.7 Å². The molecule has 1 aliphatic rings. The Hall–Kier alpha value is -2.18. The van der Waals surface area contributed by atoms with Gasteiger partial charge in [0.05, 0.1) is 11.8 Å². The van der Waals surface area contributed by atoms with E-state index in [1.807, 2.05) is 38.1 Å². The summed E-state index contributed by atoms with van der Waals surface area (Å²) in [6.07, 6.45) is 1.11. The number of piperidine rings is 1. The Morgan fingerprint density at radius 2 is 1.58 bits per heavy atom. The van der Waals surface area contributed by atoms with Gasteiger partial charge in [-0.05, 0) is 75.3 Å².